The molecule has 0 spiro atoms. The van der Waals surface area contributed by atoms with Gasteiger partial charge in [0.15, 0.2) is 5.76 Å². The molecule has 2 aromatic heterocycles. The molecule has 0 unspecified atom stereocenters. The van der Waals surface area contributed by atoms with E-state index in [1.165, 1.54) is 0 Å². The fourth-order valence-corrected chi connectivity index (χ4v) is 2.11. The number of halogens is 1. The summed E-state index contributed by atoms with van der Waals surface area (Å²) >= 11 is 5.80. The highest BCUT2D eigenvalue weighted by atomic mass is 35.5. The number of amides is 1. The average Bonchev–Trinajstić information content (AvgIpc) is 3.08. The topological polar surface area (TPSA) is 55.1 Å². The molecule has 0 saturated heterocycles. The molecule has 1 N–H and O–H groups in total. The van der Waals surface area contributed by atoms with E-state index in [-0.39, 0.29) is 5.91 Å². The molecule has 110 valence electrons. The monoisotopic (exact) mass is 312 g/mol. The Morgan fingerprint density at radius 3 is 2.59 bits per heavy atom. The normalized spacial score (nSPS) is 10.4. The minimum absolute atomic E-state index is 0.147. The number of aromatic nitrogens is 1. The SMILES string of the molecule is O=C(NCc1ccc(-c2ccco2)nc1)c1ccc(Cl)cc1. The zero-order valence-corrected chi connectivity index (χ0v) is 12.4. The minimum atomic E-state index is -0.147. The molecule has 0 aliphatic rings. The van der Waals surface area contributed by atoms with Crippen LogP contribution >= 0.6 is 11.6 Å². The van der Waals surface area contributed by atoms with Crippen molar-refractivity contribution in [3.8, 4) is 11.5 Å². The van der Waals surface area contributed by atoms with Crippen LogP contribution in [-0.4, -0.2) is 10.9 Å². The third kappa shape index (κ3) is 3.35. The van der Waals surface area contributed by atoms with Crippen LogP contribution in [0.1, 0.15) is 15.9 Å². The van der Waals surface area contributed by atoms with E-state index >= 15 is 0 Å². The molecule has 22 heavy (non-hydrogen) atoms. The van der Waals surface area contributed by atoms with Gasteiger partial charge in [0.05, 0.1) is 6.26 Å². The number of hydrogen-bond donors (Lipinski definition) is 1. The molecular formula is C17H13ClN2O2. The summed E-state index contributed by atoms with van der Waals surface area (Å²) in [7, 11) is 0. The van der Waals surface area contributed by atoms with Crippen LogP contribution in [0.15, 0.2) is 65.4 Å². The Morgan fingerprint density at radius 2 is 1.95 bits per heavy atom. The zero-order valence-electron chi connectivity index (χ0n) is 11.6. The summed E-state index contributed by atoms with van der Waals surface area (Å²) in [5.74, 6) is 0.573. The van der Waals surface area contributed by atoms with E-state index in [4.69, 9.17) is 16.0 Å². The van der Waals surface area contributed by atoms with Crippen molar-refractivity contribution in [2.45, 2.75) is 6.54 Å². The van der Waals surface area contributed by atoms with Crippen LogP contribution in [0.2, 0.25) is 5.02 Å². The Labute approximate surface area is 132 Å². The number of nitrogens with one attached hydrogen (secondary N) is 1. The number of nitrogens with zero attached hydrogens (tertiary/aromatic N) is 1. The van der Waals surface area contributed by atoms with E-state index in [9.17, 15) is 4.79 Å². The molecule has 2 heterocycles. The van der Waals surface area contributed by atoms with Gasteiger partial charge in [0, 0.05) is 23.3 Å². The minimum Gasteiger partial charge on any atom is -0.463 e. The van der Waals surface area contributed by atoms with E-state index in [0.29, 0.717) is 17.1 Å². The highest BCUT2D eigenvalue weighted by Crippen LogP contribution is 2.17. The lowest BCUT2D eigenvalue weighted by Crippen LogP contribution is -2.22. The van der Waals surface area contributed by atoms with Gasteiger partial charge < -0.3 is 9.73 Å². The number of carbonyl (C=O) groups excluding carboxylic acids is 1. The van der Waals surface area contributed by atoms with E-state index in [0.717, 1.165) is 17.0 Å². The first-order chi connectivity index (χ1) is 10.7. The van der Waals surface area contributed by atoms with E-state index in [1.54, 1.807) is 36.7 Å². The summed E-state index contributed by atoms with van der Waals surface area (Å²) in [4.78, 5) is 16.3. The predicted octanol–water partition coefficient (Wildman–Crippen LogP) is 3.93. The van der Waals surface area contributed by atoms with E-state index in [1.807, 2.05) is 24.3 Å². The molecule has 0 atom stereocenters. The van der Waals surface area contributed by atoms with Crippen molar-refractivity contribution in [2.24, 2.45) is 0 Å². The molecule has 1 amide bonds. The van der Waals surface area contributed by atoms with Gasteiger partial charge in [0.25, 0.3) is 5.91 Å². The Kier molecular flexibility index (Phi) is 4.21. The van der Waals surface area contributed by atoms with Gasteiger partial charge in [-0.15, -0.1) is 0 Å². The number of hydrogen-bond acceptors (Lipinski definition) is 3. The van der Waals surface area contributed by atoms with E-state index < -0.39 is 0 Å². The highest BCUT2D eigenvalue weighted by molar-refractivity contribution is 6.30. The Bertz CT molecular complexity index is 750. The largest absolute Gasteiger partial charge is 0.463 e. The predicted molar refractivity (Wildman–Crippen MR) is 84.6 cm³/mol. The maximum Gasteiger partial charge on any atom is 0.251 e. The van der Waals surface area contributed by atoms with Crippen LogP contribution in [0.25, 0.3) is 11.5 Å². The maximum absolute atomic E-state index is 12.0. The summed E-state index contributed by atoms with van der Waals surface area (Å²) in [5, 5.41) is 3.45. The maximum atomic E-state index is 12.0. The summed E-state index contributed by atoms with van der Waals surface area (Å²) in [6.45, 7) is 0.410. The highest BCUT2D eigenvalue weighted by Gasteiger charge is 2.06. The lowest BCUT2D eigenvalue weighted by atomic mass is 10.2. The average molecular weight is 313 g/mol. The van der Waals surface area contributed by atoms with Crippen molar-refractivity contribution >= 4 is 17.5 Å². The molecule has 0 fully saturated rings. The second-order valence-corrected chi connectivity index (χ2v) is 5.15. The first kappa shape index (κ1) is 14.4. The summed E-state index contributed by atoms with van der Waals surface area (Å²) < 4.78 is 5.28. The summed E-state index contributed by atoms with van der Waals surface area (Å²) in [5.41, 5.74) is 2.25. The van der Waals surface area contributed by atoms with Crippen LogP contribution in [0, 0.1) is 0 Å². The fourth-order valence-electron chi connectivity index (χ4n) is 1.98. The van der Waals surface area contributed by atoms with Gasteiger partial charge in [-0.1, -0.05) is 17.7 Å². The molecule has 3 aromatic rings. The second-order valence-electron chi connectivity index (χ2n) is 4.72. The van der Waals surface area contributed by atoms with Gasteiger partial charge in [-0.3, -0.25) is 9.78 Å². The van der Waals surface area contributed by atoms with Crippen LogP contribution < -0.4 is 5.32 Å². The Hall–Kier alpha value is -2.59. The van der Waals surface area contributed by atoms with Gasteiger partial charge in [-0.05, 0) is 48.0 Å². The van der Waals surface area contributed by atoms with Crippen LogP contribution in [0.4, 0.5) is 0 Å². The molecule has 3 rings (SSSR count). The summed E-state index contributed by atoms with van der Waals surface area (Å²) in [6.07, 6.45) is 3.33. The van der Waals surface area contributed by atoms with E-state index in [2.05, 4.69) is 10.3 Å². The fraction of sp³-hybridized carbons (Fsp3) is 0.0588. The third-order valence-corrected chi connectivity index (χ3v) is 3.41. The van der Waals surface area contributed by atoms with Crippen molar-refractivity contribution in [3.63, 3.8) is 0 Å². The molecular weight excluding hydrogens is 300 g/mol. The number of benzene rings is 1. The molecule has 5 heteroatoms. The smallest absolute Gasteiger partial charge is 0.251 e. The molecule has 0 saturated carbocycles. The number of rotatable bonds is 4. The molecule has 0 aliphatic heterocycles. The van der Waals surface area contributed by atoms with Crippen molar-refractivity contribution in [1.29, 1.82) is 0 Å². The van der Waals surface area contributed by atoms with Gasteiger partial charge in [0.2, 0.25) is 0 Å². The van der Waals surface area contributed by atoms with Crippen LogP contribution in [-0.2, 0) is 6.54 Å². The first-order valence-electron chi connectivity index (χ1n) is 6.75. The third-order valence-electron chi connectivity index (χ3n) is 3.16. The molecule has 1 aromatic carbocycles. The van der Waals surface area contributed by atoms with Crippen LogP contribution in [0.5, 0.6) is 0 Å². The lowest BCUT2D eigenvalue weighted by molar-refractivity contribution is 0.0951. The molecule has 0 aliphatic carbocycles. The first-order valence-corrected chi connectivity index (χ1v) is 7.13. The zero-order chi connectivity index (χ0) is 15.4. The van der Waals surface area contributed by atoms with Gasteiger partial charge in [0.1, 0.15) is 5.69 Å². The van der Waals surface area contributed by atoms with Crippen LogP contribution in [0.3, 0.4) is 0 Å². The van der Waals surface area contributed by atoms with Crippen molar-refractivity contribution < 1.29 is 9.21 Å². The van der Waals surface area contributed by atoms with Crippen molar-refractivity contribution in [2.75, 3.05) is 0 Å². The van der Waals surface area contributed by atoms with Crippen molar-refractivity contribution in [1.82, 2.24) is 10.3 Å². The Morgan fingerprint density at radius 1 is 1.14 bits per heavy atom. The molecule has 0 radical (unpaired) electrons. The quantitative estimate of drug-likeness (QED) is 0.794. The lowest BCUT2D eigenvalue weighted by Gasteiger charge is -2.06. The number of pyridine rings is 1. The van der Waals surface area contributed by atoms with Gasteiger partial charge in [-0.25, -0.2) is 0 Å². The molecule has 0 bridgehead atoms. The van der Waals surface area contributed by atoms with Crippen molar-refractivity contribution in [3.05, 3.63) is 77.1 Å². The summed E-state index contributed by atoms with van der Waals surface area (Å²) in [6, 6.07) is 14.2. The second kappa shape index (κ2) is 6.45. The van der Waals surface area contributed by atoms with Gasteiger partial charge in [-0.2, -0.15) is 0 Å². The standard InChI is InChI=1S/C17H13ClN2O2/c18-14-6-4-13(5-7-14)17(21)20-11-12-3-8-15(19-10-12)16-2-1-9-22-16/h1-10H,11H2,(H,20,21). The molecule has 4 nitrogen and oxygen atoms in total. The number of furan rings is 1. The van der Waals surface area contributed by atoms with Gasteiger partial charge >= 0.3 is 0 Å². The number of carbonyl (C=O) groups is 1. The Balaban J connectivity index is 1.61.